The molecule has 2 heterocycles. The number of benzene rings is 3. The highest BCUT2D eigenvalue weighted by Gasteiger charge is 2.48. The molecule has 0 saturated heterocycles. The summed E-state index contributed by atoms with van der Waals surface area (Å²) in [6.07, 6.45) is -5.19. The normalized spacial score (nSPS) is 13.8. The molecule has 0 atom stereocenters. The Morgan fingerprint density at radius 2 is 1.69 bits per heavy atom. The number of carbonyl (C=O) groups excluding carboxylic acids is 2. The molecule has 0 fully saturated rings. The van der Waals surface area contributed by atoms with Gasteiger partial charge in [0.1, 0.15) is 5.69 Å². The Balaban J connectivity index is 1.45. The molecule has 0 radical (unpaired) electrons. The third-order valence-electron chi connectivity index (χ3n) is 5.82. The van der Waals surface area contributed by atoms with Gasteiger partial charge in [0.15, 0.2) is 11.5 Å². The van der Waals surface area contributed by atoms with Crippen LogP contribution in [0.1, 0.15) is 21.5 Å². The van der Waals surface area contributed by atoms with Crippen LogP contribution >= 0.6 is 0 Å². The van der Waals surface area contributed by atoms with E-state index in [2.05, 4.69) is 19.3 Å². The van der Waals surface area contributed by atoms with Crippen molar-refractivity contribution in [2.45, 2.75) is 25.3 Å². The van der Waals surface area contributed by atoms with Gasteiger partial charge in [-0.1, -0.05) is 42.5 Å². The van der Waals surface area contributed by atoms with Crippen LogP contribution in [-0.2, 0) is 22.5 Å². The number of hydroxylamine groups is 1. The van der Waals surface area contributed by atoms with Crippen LogP contribution in [0.5, 0.6) is 11.5 Å². The summed E-state index contributed by atoms with van der Waals surface area (Å²) in [7, 11) is 0. The van der Waals surface area contributed by atoms with Gasteiger partial charge in [0.25, 0.3) is 5.91 Å². The lowest BCUT2D eigenvalue weighted by molar-refractivity contribution is -0.286. The van der Waals surface area contributed by atoms with Crippen LogP contribution in [0.2, 0.25) is 0 Å². The molecule has 200 valence electrons. The Morgan fingerprint density at radius 1 is 0.923 bits per heavy atom. The maximum atomic E-state index is 13.7. The third kappa shape index (κ3) is 5.44. The van der Waals surface area contributed by atoms with Crippen LogP contribution in [0.25, 0.3) is 10.8 Å². The number of aromatic nitrogens is 1. The summed E-state index contributed by atoms with van der Waals surface area (Å²) in [5.74, 6) is -5.30. The lowest BCUT2D eigenvalue weighted by atomic mass is 10.00. The van der Waals surface area contributed by atoms with E-state index in [4.69, 9.17) is 0 Å². The molecule has 0 bridgehead atoms. The van der Waals surface area contributed by atoms with Crippen molar-refractivity contribution in [3.05, 3.63) is 95.8 Å². The van der Waals surface area contributed by atoms with Crippen molar-refractivity contribution in [1.29, 1.82) is 0 Å². The van der Waals surface area contributed by atoms with E-state index in [-0.39, 0.29) is 10.6 Å². The summed E-state index contributed by atoms with van der Waals surface area (Å²) in [5, 5.41) is 1.92. The predicted molar refractivity (Wildman–Crippen MR) is 127 cm³/mol. The molecule has 0 unspecified atom stereocenters. The average Bonchev–Trinajstić information content (AvgIpc) is 3.23. The molecule has 1 amide bonds. The first-order valence-electron chi connectivity index (χ1n) is 11.4. The molecule has 39 heavy (non-hydrogen) atoms. The van der Waals surface area contributed by atoms with E-state index in [0.29, 0.717) is 18.4 Å². The molecule has 4 aromatic rings. The highest BCUT2D eigenvalue weighted by Crippen LogP contribution is 2.47. The second-order valence-electron chi connectivity index (χ2n) is 8.47. The van der Waals surface area contributed by atoms with Crippen LogP contribution in [0.3, 0.4) is 0 Å². The van der Waals surface area contributed by atoms with Gasteiger partial charge in [-0.05, 0) is 53.6 Å². The number of alkyl halides is 5. The molecule has 7 nitrogen and oxygen atoms in total. The minimum atomic E-state index is -5.48. The molecule has 0 aliphatic carbocycles. The summed E-state index contributed by atoms with van der Waals surface area (Å²) < 4.78 is 75.2. The quantitative estimate of drug-likeness (QED) is 0.226. The van der Waals surface area contributed by atoms with E-state index in [1.165, 1.54) is 18.2 Å². The Morgan fingerprint density at radius 3 is 2.49 bits per heavy atom. The molecule has 12 heteroatoms. The zero-order valence-electron chi connectivity index (χ0n) is 19.7. The van der Waals surface area contributed by atoms with Gasteiger partial charge in [-0.2, -0.15) is 13.2 Å². The maximum absolute atomic E-state index is 13.7. The van der Waals surface area contributed by atoms with E-state index >= 15 is 0 Å². The minimum Gasteiger partial charge on any atom is -0.395 e. The number of ether oxygens (including phenoxy) is 2. The first-order chi connectivity index (χ1) is 18.5. The molecule has 3 aromatic carbocycles. The molecule has 0 spiro atoms. The molecular weight excluding hydrogens is 527 g/mol. The molecule has 1 aromatic heterocycles. The number of hydrogen-bond acceptors (Lipinski definition) is 6. The fourth-order valence-electron chi connectivity index (χ4n) is 4.08. The van der Waals surface area contributed by atoms with Gasteiger partial charge in [0, 0.05) is 23.3 Å². The largest absolute Gasteiger partial charge is 0.586 e. The standard InChI is InChI=1S/C27H17F5N2O5/c28-26(29,30)25(36)39-34(21-9-4-10-22-23(21)38-27(31,32)37-22)24(35)17-7-3-5-16(13-17)11-12-19-15-33-14-18-6-1-2-8-20(18)19/h1-10,13-15H,11-12H2. The van der Waals surface area contributed by atoms with Crippen molar-refractivity contribution in [2.75, 3.05) is 5.06 Å². The van der Waals surface area contributed by atoms with E-state index < -0.39 is 41.5 Å². The fourth-order valence-corrected chi connectivity index (χ4v) is 4.08. The maximum Gasteiger partial charge on any atom is 0.586 e. The number of fused-ring (bicyclic) bond motifs is 2. The number of anilines is 1. The number of rotatable bonds is 5. The number of pyridine rings is 1. The van der Waals surface area contributed by atoms with Gasteiger partial charge >= 0.3 is 18.4 Å². The van der Waals surface area contributed by atoms with Crippen LogP contribution in [0, 0.1) is 0 Å². The Hall–Kier alpha value is -4.74. The van der Waals surface area contributed by atoms with Crippen LogP contribution in [0.15, 0.2) is 79.1 Å². The summed E-state index contributed by atoms with van der Waals surface area (Å²) in [5.41, 5.74) is 0.741. The first-order valence-corrected chi connectivity index (χ1v) is 11.4. The predicted octanol–water partition coefficient (Wildman–Crippen LogP) is 6.01. The lowest BCUT2D eigenvalue weighted by Crippen LogP contribution is -2.39. The Labute approximate surface area is 217 Å². The van der Waals surface area contributed by atoms with Crippen molar-refractivity contribution in [2.24, 2.45) is 0 Å². The summed E-state index contributed by atoms with van der Waals surface area (Å²) in [6, 6.07) is 16.7. The number of para-hydroxylation sites is 1. The molecule has 1 aliphatic heterocycles. The number of nitrogens with zero attached hydrogens (tertiary/aromatic N) is 2. The second kappa shape index (κ2) is 9.86. The Kier molecular flexibility index (Phi) is 6.54. The topological polar surface area (TPSA) is 78.0 Å². The fraction of sp³-hybridized carbons (Fsp3) is 0.148. The van der Waals surface area contributed by atoms with Gasteiger partial charge in [0.05, 0.1) is 0 Å². The van der Waals surface area contributed by atoms with Crippen LogP contribution < -0.4 is 14.5 Å². The SMILES string of the molecule is O=C(c1cccc(CCc2cncc3ccccc23)c1)N(OC(=O)C(F)(F)F)c1cccc2c1OC(F)(F)O2. The number of amides is 1. The van der Waals surface area contributed by atoms with E-state index in [1.807, 2.05) is 24.3 Å². The number of carbonyl (C=O) groups is 2. The van der Waals surface area contributed by atoms with Crippen LogP contribution in [0.4, 0.5) is 27.6 Å². The summed E-state index contributed by atoms with van der Waals surface area (Å²) in [6.45, 7) is 0. The van der Waals surface area contributed by atoms with Gasteiger partial charge in [-0.25, -0.2) is 4.79 Å². The van der Waals surface area contributed by atoms with Gasteiger partial charge in [-0.15, -0.1) is 13.8 Å². The molecule has 0 saturated carbocycles. The van der Waals surface area contributed by atoms with E-state index in [0.717, 1.165) is 34.5 Å². The average molecular weight is 544 g/mol. The lowest BCUT2D eigenvalue weighted by Gasteiger charge is -2.23. The monoisotopic (exact) mass is 544 g/mol. The molecular formula is C27H17F5N2O5. The summed E-state index contributed by atoms with van der Waals surface area (Å²) >= 11 is 0. The molecule has 5 rings (SSSR count). The number of hydrogen-bond donors (Lipinski definition) is 0. The van der Waals surface area contributed by atoms with E-state index in [9.17, 15) is 31.5 Å². The number of aryl methyl sites for hydroxylation is 2. The van der Waals surface area contributed by atoms with Crippen molar-refractivity contribution in [1.82, 2.24) is 4.98 Å². The van der Waals surface area contributed by atoms with Gasteiger partial charge in [-0.3, -0.25) is 9.78 Å². The van der Waals surface area contributed by atoms with Crippen molar-refractivity contribution >= 4 is 28.3 Å². The van der Waals surface area contributed by atoms with Crippen molar-refractivity contribution in [3.8, 4) is 11.5 Å². The number of halogens is 5. The molecule has 1 aliphatic rings. The summed E-state index contributed by atoms with van der Waals surface area (Å²) in [4.78, 5) is 33.6. The second-order valence-corrected chi connectivity index (χ2v) is 8.47. The van der Waals surface area contributed by atoms with E-state index in [1.54, 1.807) is 18.5 Å². The van der Waals surface area contributed by atoms with Gasteiger partial charge < -0.3 is 14.3 Å². The Bertz CT molecular complexity index is 1570. The highest BCUT2D eigenvalue weighted by molar-refractivity contribution is 6.07. The smallest absolute Gasteiger partial charge is 0.395 e. The third-order valence-corrected chi connectivity index (χ3v) is 5.82. The zero-order chi connectivity index (χ0) is 27.8. The highest BCUT2D eigenvalue weighted by atomic mass is 19.4. The van der Waals surface area contributed by atoms with Gasteiger partial charge in [0.2, 0.25) is 0 Å². The van der Waals surface area contributed by atoms with Crippen LogP contribution in [-0.4, -0.2) is 29.3 Å². The first kappa shape index (κ1) is 25.9. The van der Waals surface area contributed by atoms with Crippen molar-refractivity contribution < 1.29 is 45.9 Å². The molecule has 0 N–H and O–H groups in total. The minimum absolute atomic E-state index is 0.0346. The van der Waals surface area contributed by atoms with Crippen molar-refractivity contribution in [3.63, 3.8) is 0 Å². The zero-order valence-corrected chi connectivity index (χ0v) is 19.7.